The van der Waals surface area contributed by atoms with Crippen molar-refractivity contribution in [3.05, 3.63) is 66.2 Å². The fourth-order valence-electron chi connectivity index (χ4n) is 3.11. The van der Waals surface area contributed by atoms with Crippen LogP contribution in [0.4, 0.5) is 18.9 Å². The van der Waals surface area contributed by atoms with E-state index in [1.165, 1.54) is 0 Å². The molecule has 0 spiro atoms. The molecule has 1 unspecified atom stereocenters. The monoisotopic (exact) mass is 391 g/mol. The van der Waals surface area contributed by atoms with Crippen molar-refractivity contribution in [1.29, 1.82) is 0 Å². The van der Waals surface area contributed by atoms with Crippen LogP contribution in [-0.4, -0.2) is 36.0 Å². The summed E-state index contributed by atoms with van der Waals surface area (Å²) in [6, 6.07) is 18.6. The normalized spacial score (nSPS) is 16.9. The average molecular weight is 391 g/mol. The van der Waals surface area contributed by atoms with Gasteiger partial charge in [0.2, 0.25) is 11.8 Å². The Morgan fingerprint density at radius 3 is 2.29 bits per heavy atom. The van der Waals surface area contributed by atoms with Gasteiger partial charge in [-0.2, -0.15) is 13.2 Å². The molecule has 2 aromatic rings. The summed E-state index contributed by atoms with van der Waals surface area (Å²) >= 11 is 0. The first kappa shape index (κ1) is 19.7. The number of hydrazine groups is 1. The quantitative estimate of drug-likeness (QED) is 0.770. The zero-order chi connectivity index (χ0) is 20.1. The highest BCUT2D eigenvalue weighted by Crippen LogP contribution is 2.24. The number of amides is 2. The van der Waals surface area contributed by atoms with Gasteiger partial charge in [-0.15, -0.1) is 0 Å². The molecule has 3 rings (SSSR count). The fraction of sp³-hybridized carbons (Fsp3) is 0.300. The second-order valence-corrected chi connectivity index (χ2v) is 6.67. The third-order valence-electron chi connectivity index (χ3n) is 4.45. The van der Waals surface area contributed by atoms with Crippen LogP contribution in [0.25, 0.3) is 0 Å². The minimum Gasteiger partial charge on any atom is -0.333 e. The maximum Gasteiger partial charge on any atom is 0.406 e. The van der Waals surface area contributed by atoms with Crippen molar-refractivity contribution in [2.75, 3.05) is 18.1 Å². The SMILES string of the molecule is O=C(NN(Cc1ccccc1)c1ccccc1)C1CC(=O)N(CC(F)(F)F)C1. The molecule has 28 heavy (non-hydrogen) atoms. The van der Waals surface area contributed by atoms with Gasteiger partial charge in [0.1, 0.15) is 6.54 Å². The van der Waals surface area contributed by atoms with Crippen LogP contribution in [0.15, 0.2) is 60.7 Å². The lowest BCUT2D eigenvalue weighted by molar-refractivity contribution is -0.157. The highest BCUT2D eigenvalue weighted by Gasteiger charge is 2.40. The van der Waals surface area contributed by atoms with E-state index in [2.05, 4.69) is 5.43 Å². The summed E-state index contributed by atoms with van der Waals surface area (Å²) in [4.78, 5) is 25.2. The number of para-hydroxylation sites is 1. The van der Waals surface area contributed by atoms with Crippen molar-refractivity contribution in [3.8, 4) is 0 Å². The largest absolute Gasteiger partial charge is 0.406 e. The lowest BCUT2D eigenvalue weighted by Crippen LogP contribution is -2.45. The van der Waals surface area contributed by atoms with Crippen LogP contribution < -0.4 is 10.4 Å². The van der Waals surface area contributed by atoms with E-state index in [1.807, 2.05) is 60.7 Å². The van der Waals surface area contributed by atoms with E-state index in [-0.39, 0.29) is 13.0 Å². The Morgan fingerprint density at radius 2 is 1.68 bits per heavy atom. The number of hydrogen-bond donors (Lipinski definition) is 1. The van der Waals surface area contributed by atoms with Gasteiger partial charge in [-0.3, -0.25) is 20.0 Å². The number of carbonyl (C=O) groups excluding carboxylic acids is 2. The summed E-state index contributed by atoms with van der Waals surface area (Å²) in [7, 11) is 0. The first-order valence-corrected chi connectivity index (χ1v) is 8.83. The molecule has 2 aromatic carbocycles. The second-order valence-electron chi connectivity index (χ2n) is 6.67. The number of alkyl halides is 3. The summed E-state index contributed by atoms with van der Waals surface area (Å²) in [5.41, 5.74) is 4.45. The van der Waals surface area contributed by atoms with E-state index in [9.17, 15) is 22.8 Å². The van der Waals surface area contributed by atoms with Gasteiger partial charge in [-0.05, 0) is 17.7 Å². The van der Waals surface area contributed by atoms with Crippen molar-refractivity contribution in [2.45, 2.75) is 19.1 Å². The Bertz CT molecular complexity index is 812. The minimum absolute atomic E-state index is 0.226. The maximum absolute atomic E-state index is 12.7. The van der Waals surface area contributed by atoms with Crippen LogP contribution in [0.5, 0.6) is 0 Å². The van der Waals surface area contributed by atoms with Gasteiger partial charge >= 0.3 is 6.18 Å². The first-order valence-electron chi connectivity index (χ1n) is 8.83. The second kappa shape index (κ2) is 8.33. The zero-order valence-electron chi connectivity index (χ0n) is 15.0. The number of nitrogens with one attached hydrogen (secondary N) is 1. The third-order valence-corrected chi connectivity index (χ3v) is 4.45. The molecule has 148 valence electrons. The number of likely N-dealkylation sites (tertiary alicyclic amines) is 1. The Hall–Kier alpha value is -3.03. The average Bonchev–Trinajstić information content (AvgIpc) is 3.02. The van der Waals surface area contributed by atoms with Gasteiger partial charge in [0.15, 0.2) is 0 Å². The van der Waals surface area contributed by atoms with Gasteiger partial charge in [-0.25, -0.2) is 0 Å². The molecule has 0 aliphatic carbocycles. The van der Waals surface area contributed by atoms with Crippen LogP contribution in [0.3, 0.4) is 0 Å². The van der Waals surface area contributed by atoms with Crippen LogP contribution in [-0.2, 0) is 16.1 Å². The standard InChI is InChI=1S/C20H20F3N3O2/c21-20(22,23)14-25-13-16(11-18(25)27)19(28)24-26(17-9-5-2-6-10-17)12-15-7-3-1-4-8-15/h1-10,16H,11-14H2,(H,24,28). The number of carbonyl (C=O) groups is 2. The summed E-state index contributed by atoms with van der Waals surface area (Å²) in [6.45, 7) is -1.19. The van der Waals surface area contributed by atoms with Crippen LogP contribution in [0, 0.1) is 5.92 Å². The molecule has 1 fully saturated rings. The predicted molar refractivity (Wildman–Crippen MR) is 98.0 cm³/mol. The van der Waals surface area contributed by atoms with Crippen LogP contribution >= 0.6 is 0 Å². The molecule has 2 amide bonds. The molecule has 0 bridgehead atoms. The Balaban J connectivity index is 1.70. The number of rotatable bonds is 6. The first-order chi connectivity index (χ1) is 13.3. The Labute approximate surface area is 160 Å². The van der Waals surface area contributed by atoms with Gasteiger partial charge in [0, 0.05) is 13.0 Å². The van der Waals surface area contributed by atoms with E-state index < -0.39 is 30.5 Å². The molecule has 1 aliphatic rings. The Morgan fingerprint density at radius 1 is 1.07 bits per heavy atom. The summed E-state index contributed by atoms with van der Waals surface area (Å²) in [5, 5.41) is 1.63. The molecule has 1 atom stereocenters. The van der Waals surface area contributed by atoms with Gasteiger partial charge in [0.05, 0.1) is 18.2 Å². The highest BCUT2D eigenvalue weighted by atomic mass is 19.4. The van der Waals surface area contributed by atoms with Crippen molar-refractivity contribution in [1.82, 2.24) is 10.3 Å². The molecule has 1 saturated heterocycles. The topological polar surface area (TPSA) is 52.7 Å². The maximum atomic E-state index is 12.7. The van der Waals surface area contributed by atoms with Gasteiger partial charge in [0.25, 0.3) is 0 Å². The number of benzene rings is 2. The highest BCUT2D eigenvalue weighted by molar-refractivity contribution is 5.89. The molecule has 0 saturated carbocycles. The Kier molecular flexibility index (Phi) is 5.87. The molecular formula is C20H20F3N3O2. The van der Waals surface area contributed by atoms with E-state index in [0.717, 1.165) is 11.3 Å². The molecule has 1 N–H and O–H groups in total. The molecule has 1 aliphatic heterocycles. The molecule has 0 radical (unpaired) electrons. The zero-order valence-corrected chi connectivity index (χ0v) is 15.0. The predicted octanol–water partition coefficient (Wildman–Crippen LogP) is 3.14. The summed E-state index contributed by atoms with van der Waals surface area (Å²) in [6.07, 6.45) is -4.71. The lowest BCUT2D eigenvalue weighted by Gasteiger charge is -2.27. The van der Waals surface area contributed by atoms with E-state index >= 15 is 0 Å². The summed E-state index contributed by atoms with van der Waals surface area (Å²) < 4.78 is 37.7. The van der Waals surface area contributed by atoms with Crippen molar-refractivity contribution >= 4 is 17.5 Å². The minimum atomic E-state index is -4.48. The molecule has 0 aromatic heterocycles. The fourth-order valence-corrected chi connectivity index (χ4v) is 3.11. The van der Waals surface area contributed by atoms with Crippen molar-refractivity contribution in [3.63, 3.8) is 0 Å². The lowest BCUT2D eigenvalue weighted by atomic mass is 10.1. The van der Waals surface area contributed by atoms with Gasteiger partial charge < -0.3 is 4.90 Å². The third kappa shape index (κ3) is 5.25. The molecule has 8 heteroatoms. The van der Waals surface area contributed by atoms with Crippen LogP contribution in [0.2, 0.25) is 0 Å². The van der Waals surface area contributed by atoms with E-state index in [1.54, 1.807) is 5.01 Å². The van der Waals surface area contributed by atoms with E-state index in [4.69, 9.17) is 0 Å². The molecule has 5 nitrogen and oxygen atoms in total. The number of halogens is 3. The van der Waals surface area contributed by atoms with Gasteiger partial charge in [-0.1, -0.05) is 48.5 Å². The molecular weight excluding hydrogens is 371 g/mol. The number of nitrogens with zero attached hydrogens (tertiary/aromatic N) is 2. The summed E-state index contributed by atoms with van der Waals surface area (Å²) in [5.74, 6) is -1.96. The number of hydrogen-bond acceptors (Lipinski definition) is 3. The van der Waals surface area contributed by atoms with Crippen molar-refractivity contribution in [2.24, 2.45) is 5.92 Å². The molecule has 1 heterocycles. The van der Waals surface area contributed by atoms with E-state index in [0.29, 0.717) is 11.4 Å². The smallest absolute Gasteiger partial charge is 0.333 e. The van der Waals surface area contributed by atoms with Crippen LogP contribution in [0.1, 0.15) is 12.0 Å². The number of anilines is 1. The van der Waals surface area contributed by atoms with Crippen molar-refractivity contribution < 1.29 is 22.8 Å².